The van der Waals surface area contributed by atoms with Gasteiger partial charge in [0.2, 0.25) is 0 Å². The fourth-order valence-electron chi connectivity index (χ4n) is 0. The Hall–Kier alpha value is 0.598. The van der Waals surface area contributed by atoms with Crippen LogP contribution < -0.4 is 0 Å². The van der Waals surface area contributed by atoms with Gasteiger partial charge in [-0.2, -0.15) is 0 Å². The van der Waals surface area contributed by atoms with E-state index in [0.717, 1.165) is 0 Å². The Bertz CT molecular complexity index is 118. The molecule has 0 heterocycles. The zero-order chi connectivity index (χ0) is 5.21. The summed E-state index contributed by atoms with van der Waals surface area (Å²) < 4.78 is 0. The molecule has 0 bridgehead atoms. The van der Waals surface area contributed by atoms with Gasteiger partial charge in [-0.3, -0.25) is 0 Å². The Kier molecular flexibility index (Phi) is 2.25. The van der Waals surface area contributed by atoms with Crippen molar-refractivity contribution in [2.45, 2.75) is 0 Å². The zero-order valence-corrected chi connectivity index (χ0v) is 6.66. The van der Waals surface area contributed by atoms with Gasteiger partial charge in [-0.15, -0.1) is 0 Å². The van der Waals surface area contributed by atoms with Crippen molar-refractivity contribution in [2.75, 3.05) is 0 Å². The van der Waals surface area contributed by atoms with Crippen molar-refractivity contribution in [2.24, 2.45) is 0 Å². The summed E-state index contributed by atoms with van der Waals surface area (Å²) in [5.41, 5.74) is 1.86. The Labute approximate surface area is 46.5 Å². The number of hydrogen-bond acceptors (Lipinski definition) is 2. The number of hydrogen-bond donors (Lipinski definition) is 2. The van der Waals surface area contributed by atoms with Crippen LogP contribution in [0.1, 0.15) is 0 Å². The normalized spacial score (nSPS) is 10.2. The van der Waals surface area contributed by atoms with Crippen molar-refractivity contribution in [3.63, 3.8) is 0 Å². The molecule has 0 saturated heterocycles. The third kappa shape index (κ3) is 4.60. The molecule has 6 heavy (non-hydrogen) atoms. The van der Waals surface area contributed by atoms with Crippen LogP contribution in [-0.4, -0.2) is 9.79 Å². The first-order chi connectivity index (χ1) is 2.56. The van der Waals surface area contributed by atoms with Crippen LogP contribution >= 0.6 is 5.35 Å². The van der Waals surface area contributed by atoms with E-state index in [1.165, 1.54) is 0 Å². The molecule has 0 unspecified atom stereocenters. The molecule has 0 saturated carbocycles. The van der Waals surface area contributed by atoms with E-state index in [-0.39, 0.29) is 0 Å². The molecule has 2 N–H and O–H groups in total. The van der Waals surface area contributed by atoms with E-state index >= 15 is 0 Å². The molecule has 0 aliphatic carbocycles. The number of terminal acetylenes is 1. The summed E-state index contributed by atoms with van der Waals surface area (Å²) in [5.74, 6) is 0. The van der Waals surface area contributed by atoms with Gasteiger partial charge in [-0.25, -0.2) is 0 Å². The van der Waals surface area contributed by atoms with Crippen LogP contribution in [0.3, 0.4) is 0 Å². The molecule has 4 heteroatoms. The summed E-state index contributed by atoms with van der Waals surface area (Å²) in [7, 11) is 0. The summed E-state index contributed by atoms with van der Waals surface area (Å²) in [6.07, 6.45) is 4.63. The molecule has 0 rings (SSSR count). The maximum atomic E-state index is 8.29. The van der Waals surface area contributed by atoms with Crippen molar-refractivity contribution in [3.8, 4) is 12.1 Å². The van der Waals surface area contributed by atoms with E-state index < -0.39 is 5.35 Å². The molecule has 0 amide bonds. The van der Waals surface area contributed by atoms with Gasteiger partial charge < -0.3 is 0 Å². The predicted molar refractivity (Wildman–Crippen MR) is 20.2 cm³/mol. The molecule has 2 nitrogen and oxygen atoms in total. The molecule has 0 aliphatic heterocycles. The monoisotopic (exact) mass is 274 g/mol. The Morgan fingerprint density at radius 1 is 1.67 bits per heavy atom. The van der Waals surface area contributed by atoms with E-state index in [4.69, 9.17) is 9.79 Å². The van der Waals surface area contributed by atoms with Gasteiger partial charge in [0.15, 0.2) is 0 Å². The topological polar surface area (TPSA) is 40.5 Å². The van der Waals surface area contributed by atoms with E-state index in [0.29, 0.717) is 18.8 Å². The SMILES string of the molecule is C#C[P](O)(O)=[W]. The fraction of sp³-hybridized carbons (Fsp3) is 0. The fourth-order valence-corrected chi connectivity index (χ4v) is 0. The van der Waals surface area contributed by atoms with Crippen LogP contribution in [0, 0.1) is 12.1 Å². The van der Waals surface area contributed by atoms with Gasteiger partial charge in [0.05, 0.1) is 0 Å². The van der Waals surface area contributed by atoms with E-state index in [1.54, 1.807) is 0 Å². The molecule has 34 valence electrons. The molecule has 0 aromatic carbocycles. The van der Waals surface area contributed by atoms with E-state index in [9.17, 15) is 0 Å². The van der Waals surface area contributed by atoms with E-state index in [2.05, 4.69) is 6.42 Å². The molecular weight excluding hydrogens is 271 g/mol. The Morgan fingerprint density at radius 3 is 1.83 bits per heavy atom. The molecule has 0 atom stereocenters. The van der Waals surface area contributed by atoms with Crippen LogP contribution in [0.2, 0.25) is 0 Å². The molecule has 0 fully saturated rings. The molecule has 0 aromatic heterocycles. The van der Waals surface area contributed by atoms with Crippen molar-refractivity contribution in [1.29, 1.82) is 0 Å². The van der Waals surface area contributed by atoms with Crippen LogP contribution in [0.25, 0.3) is 0 Å². The van der Waals surface area contributed by atoms with E-state index in [1.807, 2.05) is 5.66 Å². The summed E-state index contributed by atoms with van der Waals surface area (Å²) >= 11 is 0.681. The first-order valence-electron chi connectivity index (χ1n) is 1.09. The van der Waals surface area contributed by atoms with Gasteiger partial charge in [0, 0.05) is 0 Å². The van der Waals surface area contributed by atoms with Crippen LogP contribution in [0.4, 0.5) is 0 Å². The second kappa shape index (κ2) is 2.05. The van der Waals surface area contributed by atoms with Gasteiger partial charge in [-0.1, -0.05) is 0 Å². The Balaban J connectivity index is 3.94. The van der Waals surface area contributed by atoms with Crippen molar-refractivity contribution in [1.82, 2.24) is 0 Å². The quantitative estimate of drug-likeness (QED) is 0.477. The minimum atomic E-state index is -2.79. The van der Waals surface area contributed by atoms with Crippen LogP contribution in [-0.2, 0) is 18.8 Å². The van der Waals surface area contributed by atoms with Crippen molar-refractivity contribution < 1.29 is 28.6 Å². The first-order valence-corrected chi connectivity index (χ1v) is 6.64. The van der Waals surface area contributed by atoms with Crippen LogP contribution in [0.15, 0.2) is 0 Å². The second-order valence-corrected chi connectivity index (χ2v) is 7.51. The third-order valence-corrected chi connectivity index (χ3v) is 1.64. The standard InChI is InChI=1S/C2H3O2P.W/c1-2-5(3)4;/h1,3-4H;. The molecule has 0 aromatic rings. The third-order valence-electron chi connectivity index (χ3n) is 0.168. The summed E-state index contributed by atoms with van der Waals surface area (Å²) in [4.78, 5) is 16.6. The van der Waals surface area contributed by atoms with Gasteiger partial charge in [0.1, 0.15) is 0 Å². The molecule has 0 radical (unpaired) electrons. The second-order valence-electron chi connectivity index (χ2n) is 0.673. The Morgan fingerprint density at radius 2 is 1.83 bits per heavy atom. The summed E-state index contributed by atoms with van der Waals surface area (Å²) in [6.45, 7) is 0. The summed E-state index contributed by atoms with van der Waals surface area (Å²) in [5, 5.41) is -2.79. The molecule has 0 spiro atoms. The van der Waals surface area contributed by atoms with Crippen LogP contribution in [0.5, 0.6) is 0 Å². The average molecular weight is 274 g/mol. The van der Waals surface area contributed by atoms with Gasteiger partial charge >= 0.3 is 46.0 Å². The zero-order valence-electron chi connectivity index (χ0n) is 2.83. The average Bonchev–Trinajstić information content (AvgIpc) is 1.35. The maximum absolute atomic E-state index is 8.29. The molecule has 0 aliphatic rings. The van der Waals surface area contributed by atoms with Gasteiger partial charge in [-0.05, 0) is 0 Å². The first kappa shape index (κ1) is 6.60. The molecular formula is C2H3O2PW. The number of rotatable bonds is 0. The van der Waals surface area contributed by atoms with Crippen molar-refractivity contribution >= 4 is 5.35 Å². The predicted octanol–water partition coefficient (Wildman–Crippen LogP) is -0.129. The van der Waals surface area contributed by atoms with Crippen molar-refractivity contribution in [3.05, 3.63) is 0 Å². The van der Waals surface area contributed by atoms with Gasteiger partial charge in [0.25, 0.3) is 0 Å². The minimum absolute atomic E-state index is 0.681. The summed E-state index contributed by atoms with van der Waals surface area (Å²) in [6, 6.07) is 0.